The summed E-state index contributed by atoms with van der Waals surface area (Å²) in [6, 6.07) is 0. The Morgan fingerprint density at radius 1 is 1.50 bits per heavy atom. The lowest BCUT2D eigenvalue weighted by Gasteiger charge is -2.08. The fraction of sp³-hybridized carbons (Fsp3) is 1.00. The van der Waals surface area contributed by atoms with Crippen LogP contribution in [0.4, 0.5) is 0 Å². The minimum Gasteiger partial charge on any atom is -0.502 e. The van der Waals surface area contributed by atoms with Crippen LogP contribution in [-0.4, -0.2) is 36.9 Å². The first-order chi connectivity index (χ1) is 3.81. The van der Waals surface area contributed by atoms with Gasteiger partial charge in [0.15, 0.2) is 0 Å². The Bertz CT molecular complexity index is 43.7. The standard InChI is InChI=1S/C3H6O.2CH3.2Al.2H/c1-3(2)4;;;;;;/h3H,1H2,2H3;2*1H3;;;;/q-1;;;;+1;;. The first-order valence-corrected chi connectivity index (χ1v) is 7.83. The fourth-order valence-electron chi connectivity index (χ4n) is 0.774. The van der Waals surface area contributed by atoms with Gasteiger partial charge in [-0.25, -0.2) is 0 Å². The Kier molecular flexibility index (Phi) is 6.94. The highest BCUT2D eigenvalue weighted by Gasteiger charge is 1.97. The van der Waals surface area contributed by atoms with Crippen LogP contribution in [0.5, 0.6) is 0 Å². The van der Waals surface area contributed by atoms with Gasteiger partial charge in [-0.3, -0.25) is 0 Å². The smallest absolute Gasteiger partial charge is 0.432 e. The van der Waals surface area contributed by atoms with E-state index >= 15 is 0 Å². The molecule has 0 radical (unpaired) electrons. The summed E-state index contributed by atoms with van der Waals surface area (Å²) in [5.41, 5.74) is 0. The molecule has 0 saturated carbocycles. The molecular weight excluding hydrogens is 130 g/mol. The minimum absolute atomic E-state index is 0.132. The summed E-state index contributed by atoms with van der Waals surface area (Å²) in [4.78, 5) is 0. The molecule has 0 amide bonds. The van der Waals surface area contributed by atoms with Crippen molar-refractivity contribution in [3.63, 3.8) is 0 Å². The summed E-state index contributed by atoms with van der Waals surface area (Å²) in [6.45, 7) is 2.19. The minimum atomic E-state index is -0.132. The summed E-state index contributed by atoms with van der Waals surface area (Å²) in [7, 11) is 0. The summed E-state index contributed by atoms with van der Waals surface area (Å²) < 4.78 is 5.46. The maximum atomic E-state index is 5.46. The molecule has 0 aliphatic heterocycles. The van der Waals surface area contributed by atoms with Gasteiger partial charge in [0, 0.05) is 6.10 Å². The second-order valence-electron chi connectivity index (χ2n) is 2.05. The molecule has 1 nitrogen and oxygen atoms in total. The van der Waals surface area contributed by atoms with E-state index in [9.17, 15) is 0 Å². The van der Waals surface area contributed by atoms with Gasteiger partial charge in [0.05, 0.1) is 0 Å². The second-order valence-corrected chi connectivity index (χ2v) is 4.54. The van der Waals surface area contributed by atoms with Crippen molar-refractivity contribution < 1.29 is 3.79 Å². The van der Waals surface area contributed by atoms with Gasteiger partial charge in [-0.2, -0.15) is 0 Å². The molecule has 0 aromatic heterocycles. The van der Waals surface area contributed by atoms with Crippen molar-refractivity contribution in [2.24, 2.45) is 0 Å². The van der Waals surface area contributed by atoms with E-state index < -0.39 is 0 Å². The average Bonchev–Trinajstić information content (AvgIpc) is 1.68. The van der Waals surface area contributed by atoms with E-state index in [-0.39, 0.29) is 30.8 Å². The van der Waals surface area contributed by atoms with E-state index in [2.05, 4.69) is 18.5 Å². The Hall–Kier alpha value is 1.02. The summed E-state index contributed by atoms with van der Waals surface area (Å²) in [6.07, 6.45) is 0.586. The third-order valence-electron chi connectivity index (χ3n) is 1.15. The molecule has 0 fully saturated rings. The fourth-order valence-corrected chi connectivity index (χ4v) is 2.82. The van der Waals surface area contributed by atoms with Crippen molar-refractivity contribution >= 4 is 30.8 Å². The summed E-state index contributed by atoms with van der Waals surface area (Å²) in [5, 5.41) is 1.36. The molecule has 0 rings (SSSR count). The van der Waals surface area contributed by atoms with Crippen LogP contribution in [0.15, 0.2) is 0 Å². The van der Waals surface area contributed by atoms with Crippen LogP contribution in [0.25, 0.3) is 0 Å². The van der Waals surface area contributed by atoms with Gasteiger partial charge in [0.1, 0.15) is 0 Å². The summed E-state index contributed by atoms with van der Waals surface area (Å²) >= 11 is 0.112. The number of rotatable bonds is 4. The molecule has 1 unspecified atom stereocenters. The zero-order valence-electron chi connectivity index (χ0n) is 6.11. The maximum absolute atomic E-state index is 5.46. The molecule has 0 aromatic carbocycles. The molecule has 0 aromatic rings. The van der Waals surface area contributed by atoms with Crippen molar-refractivity contribution in [2.45, 2.75) is 29.9 Å². The maximum Gasteiger partial charge on any atom is 0.432 e. The SMILES string of the molecule is [CH3][AlH][CH2]C(C)[O][AlH][CH3]. The third-order valence-corrected chi connectivity index (χ3v) is 3.44. The van der Waals surface area contributed by atoms with Crippen LogP contribution in [0.2, 0.25) is 16.9 Å². The van der Waals surface area contributed by atoms with Gasteiger partial charge >= 0.3 is 15.6 Å². The van der Waals surface area contributed by atoms with Crippen LogP contribution in [0.1, 0.15) is 6.92 Å². The Morgan fingerprint density at radius 3 is 2.50 bits per heavy atom. The van der Waals surface area contributed by atoms with E-state index in [1.54, 1.807) is 0 Å². The number of hydrogen-bond acceptors (Lipinski definition) is 1. The Labute approximate surface area is 64.6 Å². The number of hydrogen-bond donors (Lipinski definition) is 0. The molecule has 0 heterocycles. The van der Waals surface area contributed by atoms with E-state index in [0.717, 1.165) is 0 Å². The van der Waals surface area contributed by atoms with E-state index in [1.807, 2.05) is 0 Å². The topological polar surface area (TPSA) is 9.23 Å². The lowest BCUT2D eigenvalue weighted by Crippen LogP contribution is -2.10. The third kappa shape index (κ3) is 5.17. The molecule has 46 valence electrons. The van der Waals surface area contributed by atoms with Gasteiger partial charge in [0.2, 0.25) is 15.2 Å². The van der Waals surface area contributed by atoms with Crippen LogP contribution >= 0.6 is 0 Å². The highest BCUT2D eigenvalue weighted by molar-refractivity contribution is 6.33. The molecule has 3 heteroatoms. The van der Waals surface area contributed by atoms with Gasteiger partial charge < -0.3 is 3.79 Å². The van der Waals surface area contributed by atoms with E-state index in [4.69, 9.17) is 3.79 Å². The second kappa shape index (κ2) is 6.15. The molecule has 0 N–H and O–H groups in total. The van der Waals surface area contributed by atoms with E-state index in [1.165, 1.54) is 5.28 Å². The molecule has 1 atom stereocenters. The zero-order valence-corrected chi connectivity index (χ0v) is 8.94. The highest BCUT2D eigenvalue weighted by atomic mass is 27.1. The Balaban J connectivity index is 2.92. The van der Waals surface area contributed by atoms with Crippen molar-refractivity contribution in [1.82, 2.24) is 0 Å². The first-order valence-electron chi connectivity index (χ1n) is 3.42. The van der Waals surface area contributed by atoms with Crippen molar-refractivity contribution in [1.29, 1.82) is 0 Å². The van der Waals surface area contributed by atoms with Gasteiger partial charge in [-0.1, -0.05) is 11.1 Å². The van der Waals surface area contributed by atoms with Crippen LogP contribution < -0.4 is 0 Å². The van der Waals surface area contributed by atoms with Crippen molar-refractivity contribution in [3.05, 3.63) is 0 Å². The zero-order chi connectivity index (χ0) is 6.41. The van der Waals surface area contributed by atoms with Crippen molar-refractivity contribution in [2.75, 3.05) is 0 Å². The van der Waals surface area contributed by atoms with Gasteiger partial charge in [-0.15, -0.1) is 5.79 Å². The lowest BCUT2D eigenvalue weighted by atomic mass is 10.5. The van der Waals surface area contributed by atoms with Crippen molar-refractivity contribution in [3.8, 4) is 0 Å². The van der Waals surface area contributed by atoms with Crippen LogP contribution in [-0.2, 0) is 3.79 Å². The molecular formula is C5H14Al2O. The normalized spacial score (nSPS) is 12.9. The molecule has 0 saturated heterocycles. The lowest BCUT2D eigenvalue weighted by molar-refractivity contribution is 0.258. The van der Waals surface area contributed by atoms with Crippen LogP contribution in [0.3, 0.4) is 0 Å². The average molecular weight is 144 g/mol. The summed E-state index contributed by atoms with van der Waals surface area (Å²) in [5.74, 6) is 4.52. The molecule has 0 aliphatic carbocycles. The predicted octanol–water partition coefficient (Wildman–Crippen LogP) is 0.694. The molecule has 8 heavy (non-hydrogen) atoms. The molecule has 0 aliphatic rings. The highest BCUT2D eigenvalue weighted by Crippen LogP contribution is 1.94. The van der Waals surface area contributed by atoms with Crippen LogP contribution in [0, 0.1) is 0 Å². The van der Waals surface area contributed by atoms with E-state index in [0.29, 0.717) is 6.10 Å². The predicted molar refractivity (Wildman–Crippen MR) is 41.4 cm³/mol. The quantitative estimate of drug-likeness (QED) is 0.527. The molecule has 0 spiro atoms. The van der Waals surface area contributed by atoms with Gasteiger partial charge in [-0.05, 0) is 6.92 Å². The van der Waals surface area contributed by atoms with Gasteiger partial charge in [0.25, 0.3) is 0 Å². The largest absolute Gasteiger partial charge is 0.502 e. The monoisotopic (exact) mass is 144 g/mol. The Morgan fingerprint density at radius 2 is 2.12 bits per heavy atom. The first kappa shape index (κ1) is 9.02. The molecule has 0 bridgehead atoms.